The number of hydrogen-bond acceptors (Lipinski definition) is 3. The maximum atomic E-state index is 13.0. The van der Waals surface area contributed by atoms with E-state index in [0.29, 0.717) is 5.82 Å². The van der Waals surface area contributed by atoms with Crippen LogP contribution in [0, 0.1) is 5.82 Å². The molecule has 0 aliphatic rings. The van der Waals surface area contributed by atoms with E-state index >= 15 is 0 Å². The molecule has 6 heteroatoms. The van der Waals surface area contributed by atoms with Gasteiger partial charge >= 0.3 is 0 Å². The lowest BCUT2D eigenvalue weighted by atomic mass is 10.4. The molecule has 0 fully saturated rings. The minimum absolute atomic E-state index is 0.256. The van der Waals surface area contributed by atoms with E-state index in [2.05, 4.69) is 9.97 Å². The molecule has 0 spiro atoms. The molecule has 0 radical (unpaired) electrons. The number of hydrogen-bond donors (Lipinski definition) is 0. The van der Waals surface area contributed by atoms with Crippen LogP contribution in [0.4, 0.5) is 4.39 Å². The van der Waals surface area contributed by atoms with Crippen molar-refractivity contribution in [3.63, 3.8) is 0 Å². The first-order valence-corrected chi connectivity index (χ1v) is 5.24. The molecule has 0 amide bonds. The van der Waals surface area contributed by atoms with E-state index in [0.717, 1.165) is 4.88 Å². The Bertz CT molecular complexity index is 435. The van der Waals surface area contributed by atoms with E-state index in [1.807, 2.05) is 17.5 Å². The van der Waals surface area contributed by atoms with Gasteiger partial charge in [-0.2, -0.15) is 0 Å². The molecule has 2 aromatic rings. The van der Waals surface area contributed by atoms with E-state index in [9.17, 15) is 4.39 Å². The van der Waals surface area contributed by atoms with Crippen LogP contribution in [-0.4, -0.2) is 9.97 Å². The normalized spacial score (nSPS) is 10.5. The average molecular weight is 249 g/mol. The zero-order valence-electron chi connectivity index (χ0n) is 6.67. The number of thiophene rings is 1. The molecular formula is C8H3Cl2FN2S. The maximum Gasteiger partial charge on any atom is 0.197 e. The van der Waals surface area contributed by atoms with Crippen LogP contribution >= 0.6 is 34.5 Å². The van der Waals surface area contributed by atoms with E-state index < -0.39 is 5.82 Å². The SMILES string of the molecule is Fc1c(Cl)nc(-c2cccs2)nc1Cl. The number of rotatable bonds is 1. The van der Waals surface area contributed by atoms with Crippen LogP contribution in [0.2, 0.25) is 10.3 Å². The van der Waals surface area contributed by atoms with E-state index in [-0.39, 0.29) is 10.3 Å². The maximum absolute atomic E-state index is 13.0. The fourth-order valence-corrected chi connectivity index (χ4v) is 1.96. The average Bonchev–Trinajstić information content (AvgIpc) is 2.66. The largest absolute Gasteiger partial charge is 0.212 e. The molecule has 0 saturated carbocycles. The van der Waals surface area contributed by atoms with Gasteiger partial charge in [-0.3, -0.25) is 0 Å². The lowest BCUT2D eigenvalue weighted by Crippen LogP contribution is -1.92. The van der Waals surface area contributed by atoms with Gasteiger partial charge in [0.05, 0.1) is 4.88 Å². The topological polar surface area (TPSA) is 25.8 Å². The van der Waals surface area contributed by atoms with Crippen LogP contribution in [0.3, 0.4) is 0 Å². The highest BCUT2D eigenvalue weighted by atomic mass is 35.5. The quantitative estimate of drug-likeness (QED) is 0.721. The summed E-state index contributed by atoms with van der Waals surface area (Å²) in [6.07, 6.45) is 0. The lowest BCUT2D eigenvalue weighted by Gasteiger charge is -1.99. The minimum Gasteiger partial charge on any atom is -0.212 e. The number of aromatic nitrogens is 2. The third-order valence-electron chi connectivity index (χ3n) is 1.51. The summed E-state index contributed by atoms with van der Waals surface area (Å²) >= 11 is 12.5. The van der Waals surface area contributed by atoms with Gasteiger partial charge in [-0.15, -0.1) is 11.3 Å². The summed E-state index contributed by atoms with van der Waals surface area (Å²) in [6, 6.07) is 3.65. The Morgan fingerprint density at radius 1 is 1.21 bits per heavy atom. The molecule has 0 aromatic carbocycles. The monoisotopic (exact) mass is 248 g/mol. The van der Waals surface area contributed by atoms with Gasteiger partial charge < -0.3 is 0 Å². The second-order valence-electron chi connectivity index (χ2n) is 2.42. The molecule has 2 nitrogen and oxygen atoms in total. The Kier molecular flexibility index (Phi) is 2.67. The Morgan fingerprint density at radius 2 is 1.86 bits per heavy atom. The fraction of sp³-hybridized carbons (Fsp3) is 0. The van der Waals surface area contributed by atoms with Crippen molar-refractivity contribution in [3.05, 3.63) is 33.6 Å². The Labute approximate surface area is 93.3 Å². The molecule has 0 saturated heterocycles. The van der Waals surface area contributed by atoms with Crippen LogP contribution in [0.1, 0.15) is 0 Å². The molecule has 2 aromatic heterocycles. The first-order valence-electron chi connectivity index (χ1n) is 3.61. The lowest BCUT2D eigenvalue weighted by molar-refractivity contribution is 0.615. The van der Waals surface area contributed by atoms with Crippen LogP contribution in [0.25, 0.3) is 10.7 Å². The Balaban J connectivity index is 2.57. The van der Waals surface area contributed by atoms with Gasteiger partial charge in [-0.1, -0.05) is 29.3 Å². The molecule has 2 rings (SSSR count). The zero-order valence-corrected chi connectivity index (χ0v) is 9.00. The highest BCUT2D eigenvalue weighted by Gasteiger charge is 2.12. The van der Waals surface area contributed by atoms with E-state index in [4.69, 9.17) is 23.2 Å². The van der Waals surface area contributed by atoms with Crippen LogP contribution in [0.15, 0.2) is 17.5 Å². The van der Waals surface area contributed by atoms with E-state index in [1.165, 1.54) is 11.3 Å². The first kappa shape index (κ1) is 9.83. The van der Waals surface area contributed by atoms with Crippen molar-refractivity contribution >= 4 is 34.5 Å². The van der Waals surface area contributed by atoms with Gasteiger partial charge in [0.15, 0.2) is 21.9 Å². The van der Waals surface area contributed by atoms with Crippen molar-refractivity contribution in [1.29, 1.82) is 0 Å². The summed E-state index contributed by atoms with van der Waals surface area (Å²) in [5, 5.41) is 1.35. The predicted molar refractivity (Wildman–Crippen MR) is 55.3 cm³/mol. The van der Waals surface area contributed by atoms with Gasteiger partial charge in [-0.25, -0.2) is 14.4 Å². The molecule has 2 heterocycles. The van der Waals surface area contributed by atoms with Gasteiger partial charge in [-0.05, 0) is 11.4 Å². The molecule has 0 bridgehead atoms. The Morgan fingerprint density at radius 3 is 2.36 bits per heavy atom. The van der Waals surface area contributed by atoms with Gasteiger partial charge in [0.25, 0.3) is 0 Å². The summed E-state index contributed by atoms with van der Waals surface area (Å²) in [7, 11) is 0. The highest BCUT2D eigenvalue weighted by Crippen LogP contribution is 2.26. The summed E-state index contributed by atoms with van der Waals surface area (Å²) in [5.41, 5.74) is 0. The van der Waals surface area contributed by atoms with Crippen molar-refractivity contribution in [2.75, 3.05) is 0 Å². The molecule has 0 atom stereocenters. The van der Waals surface area contributed by atoms with E-state index in [1.54, 1.807) is 0 Å². The van der Waals surface area contributed by atoms with Crippen molar-refractivity contribution in [3.8, 4) is 10.7 Å². The summed E-state index contributed by atoms with van der Waals surface area (Å²) in [4.78, 5) is 8.36. The van der Waals surface area contributed by atoms with Gasteiger partial charge in [0, 0.05) is 0 Å². The summed E-state index contributed by atoms with van der Waals surface area (Å²) in [5.74, 6) is -0.440. The van der Waals surface area contributed by atoms with Gasteiger partial charge in [0.1, 0.15) is 0 Å². The molecule has 14 heavy (non-hydrogen) atoms. The molecule has 0 unspecified atom stereocenters. The highest BCUT2D eigenvalue weighted by molar-refractivity contribution is 7.13. The summed E-state index contributed by atoms with van der Waals surface area (Å²) < 4.78 is 13.0. The first-order chi connectivity index (χ1) is 6.68. The fourth-order valence-electron chi connectivity index (χ4n) is 0.910. The summed E-state index contributed by atoms with van der Waals surface area (Å²) in [6.45, 7) is 0. The van der Waals surface area contributed by atoms with Crippen molar-refractivity contribution in [2.24, 2.45) is 0 Å². The number of halogens is 3. The number of nitrogens with zero attached hydrogens (tertiary/aromatic N) is 2. The second-order valence-corrected chi connectivity index (χ2v) is 4.08. The molecule has 0 aliphatic heterocycles. The Hall–Kier alpha value is -0.710. The van der Waals surface area contributed by atoms with Crippen molar-refractivity contribution < 1.29 is 4.39 Å². The molecular weight excluding hydrogens is 246 g/mol. The second kappa shape index (κ2) is 3.81. The van der Waals surface area contributed by atoms with Crippen molar-refractivity contribution in [2.45, 2.75) is 0 Å². The van der Waals surface area contributed by atoms with Gasteiger partial charge in [0.2, 0.25) is 0 Å². The smallest absolute Gasteiger partial charge is 0.197 e. The molecule has 0 N–H and O–H groups in total. The predicted octanol–water partition coefficient (Wildman–Crippen LogP) is 3.65. The molecule has 72 valence electrons. The van der Waals surface area contributed by atoms with Crippen molar-refractivity contribution in [1.82, 2.24) is 9.97 Å². The minimum atomic E-state index is -0.784. The molecule has 0 aliphatic carbocycles. The van der Waals surface area contributed by atoms with Crippen LogP contribution < -0.4 is 0 Å². The third kappa shape index (κ3) is 1.73. The zero-order chi connectivity index (χ0) is 10.1. The van der Waals surface area contributed by atoms with Crippen LogP contribution in [0.5, 0.6) is 0 Å². The van der Waals surface area contributed by atoms with Crippen LogP contribution in [-0.2, 0) is 0 Å². The third-order valence-corrected chi connectivity index (χ3v) is 2.88. The standard InChI is InChI=1S/C8H3Cl2FN2S/c9-6-5(11)7(10)13-8(12-6)4-2-1-3-14-4/h1-3H.